The molecule has 1 rings (SSSR count). The van der Waals surface area contributed by atoms with Crippen LogP contribution in [0.25, 0.3) is 0 Å². The first-order chi connectivity index (χ1) is 7.44. The fourth-order valence-corrected chi connectivity index (χ4v) is 2.18. The lowest BCUT2D eigenvalue weighted by Gasteiger charge is -2.02. The number of carboxylic acid groups (broad SMARTS) is 1. The molecule has 0 radical (unpaired) electrons. The van der Waals surface area contributed by atoms with Crippen molar-refractivity contribution in [2.45, 2.75) is 6.42 Å². The standard InChI is InChI=1S/C7H11N3O4S2/c1-8-16(13,14)9-3-2-6-10-5(4-15-6)7(11)12/h4,8-9H,2-3H2,1H3,(H,11,12). The average Bonchev–Trinajstić information content (AvgIpc) is 2.66. The number of aromatic carboxylic acids is 1. The number of thiazole rings is 1. The highest BCUT2D eigenvalue weighted by molar-refractivity contribution is 7.87. The van der Waals surface area contributed by atoms with Crippen molar-refractivity contribution >= 4 is 27.5 Å². The Morgan fingerprint density at radius 2 is 2.31 bits per heavy atom. The molecule has 16 heavy (non-hydrogen) atoms. The zero-order valence-corrected chi connectivity index (χ0v) is 10.1. The van der Waals surface area contributed by atoms with Gasteiger partial charge in [0.25, 0.3) is 10.2 Å². The minimum Gasteiger partial charge on any atom is -0.476 e. The summed E-state index contributed by atoms with van der Waals surface area (Å²) in [6.07, 6.45) is 0.360. The van der Waals surface area contributed by atoms with Gasteiger partial charge < -0.3 is 5.11 Å². The molecule has 90 valence electrons. The molecule has 1 heterocycles. The van der Waals surface area contributed by atoms with Crippen LogP contribution < -0.4 is 9.44 Å². The topological polar surface area (TPSA) is 108 Å². The van der Waals surface area contributed by atoms with E-state index in [-0.39, 0.29) is 12.2 Å². The van der Waals surface area contributed by atoms with Gasteiger partial charge in [-0.3, -0.25) is 0 Å². The van der Waals surface area contributed by atoms with Crippen LogP contribution in [0.5, 0.6) is 0 Å². The van der Waals surface area contributed by atoms with Crippen LogP contribution in [-0.2, 0) is 16.6 Å². The quantitative estimate of drug-likeness (QED) is 0.638. The first-order valence-corrected chi connectivity index (χ1v) is 6.66. The lowest BCUT2D eigenvalue weighted by molar-refractivity contribution is 0.0691. The summed E-state index contributed by atoms with van der Waals surface area (Å²) in [5.74, 6) is -1.08. The lowest BCUT2D eigenvalue weighted by Crippen LogP contribution is -2.35. The largest absolute Gasteiger partial charge is 0.476 e. The molecule has 0 aromatic carbocycles. The van der Waals surface area contributed by atoms with Crippen LogP contribution in [0.3, 0.4) is 0 Å². The molecule has 1 aromatic heterocycles. The summed E-state index contributed by atoms with van der Waals surface area (Å²) in [6.45, 7) is 0.176. The number of rotatable bonds is 6. The summed E-state index contributed by atoms with van der Waals surface area (Å²) in [5, 5.41) is 10.6. The Balaban J connectivity index is 2.46. The third kappa shape index (κ3) is 3.85. The van der Waals surface area contributed by atoms with Gasteiger partial charge in [-0.25, -0.2) is 19.2 Å². The van der Waals surface area contributed by atoms with E-state index in [1.807, 2.05) is 0 Å². The first-order valence-electron chi connectivity index (χ1n) is 4.30. The average molecular weight is 265 g/mol. The van der Waals surface area contributed by atoms with E-state index in [1.54, 1.807) is 0 Å². The molecule has 0 aliphatic heterocycles. The lowest BCUT2D eigenvalue weighted by atomic mass is 10.4. The van der Waals surface area contributed by atoms with Gasteiger partial charge in [0.15, 0.2) is 5.69 Å². The van der Waals surface area contributed by atoms with E-state index in [1.165, 1.54) is 23.8 Å². The Morgan fingerprint density at radius 3 is 2.81 bits per heavy atom. The van der Waals surface area contributed by atoms with Crippen molar-refractivity contribution in [1.82, 2.24) is 14.4 Å². The maximum Gasteiger partial charge on any atom is 0.355 e. The second kappa shape index (κ2) is 5.34. The van der Waals surface area contributed by atoms with Crippen LogP contribution in [0.1, 0.15) is 15.5 Å². The molecule has 1 aromatic rings. The Kier molecular flexibility index (Phi) is 4.35. The van der Waals surface area contributed by atoms with Gasteiger partial charge in [-0.05, 0) is 0 Å². The maximum atomic E-state index is 11.0. The summed E-state index contributed by atoms with van der Waals surface area (Å²) in [5.41, 5.74) is -0.0172. The molecular formula is C7H11N3O4S2. The highest BCUT2D eigenvalue weighted by atomic mass is 32.2. The van der Waals surface area contributed by atoms with Crippen LogP contribution in [-0.4, -0.2) is 38.1 Å². The third-order valence-corrected chi connectivity index (χ3v) is 3.70. The van der Waals surface area contributed by atoms with Gasteiger partial charge in [0, 0.05) is 25.4 Å². The van der Waals surface area contributed by atoms with Crippen molar-refractivity contribution in [2.24, 2.45) is 0 Å². The van der Waals surface area contributed by atoms with Crippen molar-refractivity contribution in [1.29, 1.82) is 0 Å². The normalized spacial score (nSPS) is 11.6. The number of carboxylic acids is 1. The van der Waals surface area contributed by atoms with E-state index in [9.17, 15) is 13.2 Å². The first kappa shape index (κ1) is 13.0. The van der Waals surface area contributed by atoms with E-state index in [4.69, 9.17) is 5.11 Å². The minimum absolute atomic E-state index is 0.0172. The monoisotopic (exact) mass is 265 g/mol. The molecule has 0 saturated heterocycles. The number of hydrogen-bond donors (Lipinski definition) is 3. The van der Waals surface area contributed by atoms with Crippen molar-refractivity contribution in [3.8, 4) is 0 Å². The van der Waals surface area contributed by atoms with E-state index in [0.717, 1.165) is 0 Å². The van der Waals surface area contributed by atoms with Gasteiger partial charge in [0.2, 0.25) is 0 Å². The second-order valence-electron chi connectivity index (χ2n) is 2.78. The van der Waals surface area contributed by atoms with Crippen LogP contribution in [0.4, 0.5) is 0 Å². The van der Waals surface area contributed by atoms with E-state index in [2.05, 4.69) is 14.4 Å². The molecule has 9 heteroatoms. The summed E-state index contributed by atoms with van der Waals surface area (Å²) in [4.78, 5) is 14.3. The number of carbonyl (C=O) groups is 1. The SMILES string of the molecule is CNS(=O)(=O)NCCc1nc(C(=O)O)cs1. The zero-order valence-electron chi connectivity index (χ0n) is 8.43. The van der Waals surface area contributed by atoms with Crippen molar-refractivity contribution < 1.29 is 18.3 Å². The van der Waals surface area contributed by atoms with Gasteiger partial charge in [-0.1, -0.05) is 0 Å². The zero-order chi connectivity index (χ0) is 12.2. The number of hydrogen-bond acceptors (Lipinski definition) is 5. The van der Waals surface area contributed by atoms with E-state index >= 15 is 0 Å². The molecule has 0 bridgehead atoms. The molecule has 0 unspecified atom stereocenters. The van der Waals surface area contributed by atoms with Gasteiger partial charge in [0.1, 0.15) is 0 Å². The Hall–Kier alpha value is -1.03. The van der Waals surface area contributed by atoms with Gasteiger partial charge in [-0.15, -0.1) is 11.3 Å². The van der Waals surface area contributed by atoms with Gasteiger partial charge in [-0.2, -0.15) is 8.42 Å². The molecule has 0 atom stereocenters. The molecule has 0 saturated carbocycles. The molecular weight excluding hydrogens is 254 g/mol. The molecule has 0 amide bonds. The summed E-state index contributed by atoms with van der Waals surface area (Å²) in [6, 6.07) is 0. The molecule has 7 nitrogen and oxygen atoms in total. The van der Waals surface area contributed by atoms with Crippen LogP contribution >= 0.6 is 11.3 Å². The fourth-order valence-electron chi connectivity index (χ4n) is 0.888. The number of nitrogens with zero attached hydrogens (tertiary/aromatic N) is 1. The molecule has 0 aliphatic rings. The maximum absolute atomic E-state index is 11.0. The van der Waals surface area contributed by atoms with E-state index < -0.39 is 16.2 Å². The highest BCUT2D eigenvalue weighted by Crippen LogP contribution is 2.09. The summed E-state index contributed by atoms with van der Waals surface area (Å²) in [7, 11) is -2.14. The van der Waals surface area contributed by atoms with Crippen molar-refractivity contribution in [3.63, 3.8) is 0 Å². The van der Waals surface area contributed by atoms with Gasteiger partial charge in [0.05, 0.1) is 5.01 Å². The predicted octanol–water partition coefficient (Wildman–Crippen LogP) is -0.562. The Morgan fingerprint density at radius 1 is 1.62 bits per heavy atom. The summed E-state index contributed by atoms with van der Waals surface area (Å²) >= 11 is 1.19. The minimum atomic E-state index is -3.44. The predicted molar refractivity (Wildman–Crippen MR) is 58.8 cm³/mol. The van der Waals surface area contributed by atoms with E-state index in [0.29, 0.717) is 11.4 Å². The van der Waals surface area contributed by atoms with Crippen LogP contribution in [0.15, 0.2) is 5.38 Å². The Bertz CT molecular complexity index is 468. The molecule has 0 spiro atoms. The number of aromatic nitrogens is 1. The van der Waals surface area contributed by atoms with Crippen molar-refractivity contribution in [2.75, 3.05) is 13.6 Å². The second-order valence-corrected chi connectivity index (χ2v) is 5.43. The van der Waals surface area contributed by atoms with Crippen LogP contribution in [0.2, 0.25) is 0 Å². The number of nitrogens with one attached hydrogen (secondary N) is 2. The highest BCUT2D eigenvalue weighted by Gasteiger charge is 2.09. The smallest absolute Gasteiger partial charge is 0.355 e. The fraction of sp³-hybridized carbons (Fsp3) is 0.429. The Labute approximate surface area is 96.7 Å². The van der Waals surface area contributed by atoms with Crippen molar-refractivity contribution in [3.05, 3.63) is 16.1 Å². The molecule has 3 N–H and O–H groups in total. The molecule has 0 aliphatic carbocycles. The van der Waals surface area contributed by atoms with Gasteiger partial charge >= 0.3 is 5.97 Å². The van der Waals surface area contributed by atoms with Crippen LogP contribution in [0, 0.1) is 0 Å². The molecule has 0 fully saturated rings. The third-order valence-electron chi connectivity index (χ3n) is 1.67. The summed E-state index contributed by atoms with van der Waals surface area (Å²) < 4.78 is 26.3.